The van der Waals surface area contributed by atoms with Gasteiger partial charge in [-0.3, -0.25) is 0 Å². The summed E-state index contributed by atoms with van der Waals surface area (Å²) >= 11 is 0. The van der Waals surface area contributed by atoms with Crippen LogP contribution in [-0.2, 0) is 0 Å². The summed E-state index contributed by atoms with van der Waals surface area (Å²) in [4.78, 5) is 0. The van der Waals surface area contributed by atoms with Crippen LogP contribution in [0.5, 0.6) is 5.75 Å². The first-order chi connectivity index (χ1) is 8.88. The van der Waals surface area contributed by atoms with Crippen LogP contribution in [0.25, 0.3) is 21.9 Å². The molecule has 0 unspecified atom stereocenters. The lowest BCUT2D eigenvalue weighted by Gasteiger charge is -2.05. The number of furan rings is 1. The van der Waals surface area contributed by atoms with Gasteiger partial charge in [0.2, 0.25) is 0 Å². The Labute approximate surface area is 105 Å². The van der Waals surface area contributed by atoms with Crippen molar-refractivity contribution >= 4 is 21.9 Å². The number of para-hydroxylation sites is 1. The summed E-state index contributed by atoms with van der Waals surface area (Å²) in [6.07, 6.45) is 0. The summed E-state index contributed by atoms with van der Waals surface area (Å²) in [7, 11) is 1.91. The number of ether oxygens (including phenoxy) is 1. The van der Waals surface area contributed by atoms with Crippen molar-refractivity contribution in [2.45, 2.75) is 0 Å². The van der Waals surface area contributed by atoms with Crippen molar-refractivity contribution in [2.24, 2.45) is 0 Å². The van der Waals surface area contributed by atoms with Crippen LogP contribution >= 0.6 is 0 Å². The van der Waals surface area contributed by atoms with Gasteiger partial charge in [-0.25, -0.2) is 0 Å². The van der Waals surface area contributed by atoms with E-state index in [2.05, 4.69) is 11.4 Å². The van der Waals surface area contributed by atoms with Crippen molar-refractivity contribution < 1.29 is 9.15 Å². The lowest BCUT2D eigenvalue weighted by molar-refractivity contribution is 0.319. The zero-order valence-electron chi connectivity index (χ0n) is 10.3. The van der Waals surface area contributed by atoms with Gasteiger partial charge in [-0.2, -0.15) is 0 Å². The van der Waals surface area contributed by atoms with E-state index < -0.39 is 0 Å². The molecule has 0 radical (unpaired) electrons. The molecule has 2 aromatic carbocycles. The molecule has 92 valence electrons. The molecular formula is C15H15NO2. The van der Waals surface area contributed by atoms with Crippen LogP contribution < -0.4 is 10.1 Å². The first kappa shape index (κ1) is 11.1. The van der Waals surface area contributed by atoms with Crippen LogP contribution in [0, 0.1) is 0 Å². The molecule has 0 spiro atoms. The monoisotopic (exact) mass is 241 g/mol. The molecule has 3 heteroatoms. The second-order valence-corrected chi connectivity index (χ2v) is 4.21. The lowest BCUT2D eigenvalue weighted by Crippen LogP contribution is -2.15. The van der Waals surface area contributed by atoms with Gasteiger partial charge in [0, 0.05) is 17.3 Å². The Hall–Kier alpha value is -2.00. The quantitative estimate of drug-likeness (QED) is 0.712. The van der Waals surface area contributed by atoms with Crippen molar-refractivity contribution in [2.75, 3.05) is 20.2 Å². The van der Waals surface area contributed by atoms with Crippen LogP contribution in [0.3, 0.4) is 0 Å². The fraction of sp³-hybridized carbons (Fsp3) is 0.200. The number of rotatable bonds is 4. The van der Waals surface area contributed by atoms with E-state index in [0.717, 1.165) is 34.2 Å². The minimum absolute atomic E-state index is 0.664. The molecule has 0 bridgehead atoms. The van der Waals surface area contributed by atoms with Gasteiger partial charge in [0.15, 0.2) is 0 Å². The Balaban J connectivity index is 2.02. The van der Waals surface area contributed by atoms with E-state index in [0.29, 0.717) is 6.61 Å². The topological polar surface area (TPSA) is 34.4 Å². The van der Waals surface area contributed by atoms with Crippen LogP contribution in [-0.4, -0.2) is 20.2 Å². The van der Waals surface area contributed by atoms with Crippen LogP contribution in [0.4, 0.5) is 0 Å². The molecule has 1 aromatic heterocycles. The molecule has 18 heavy (non-hydrogen) atoms. The van der Waals surface area contributed by atoms with Crippen LogP contribution in [0.1, 0.15) is 0 Å². The van der Waals surface area contributed by atoms with Crippen LogP contribution in [0.15, 0.2) is 46.9 Å². The highest BCUT2D eigenvalue weighted by molar-refractivity contribution is 6.05. The predicted molar refractivity (Wildman–Crippen MR) is 73.1 cm³/mol. The summed E-state index contributed by atoms with van der Waals surface area (Å²) in [5, 5.41) is 5.29. The molecule has 1 N–H and O–H groups in total. The second kappa shape index (κ2) is 4.70. The minimum Gasteiger partial charge on any atom is -0.492 e. The largest absolute Gasteiger partial charge is 0.492 e. The van der Waals surface area contributed by atoms with Gasteiger partial charge in [-0.05, 0) is 31.3 Å². The van der Waals surface area contributed by atoms with Gasteiger partial charge < -0.3 is 14.5 Å². The molecule has 3 rings (SSSR count). The zero-order chi connectivity index (χ0) is 12.4. The number of hydrogen-bond acceptors (Lipinski definition) is 3. The van der Waals surface area contributed by atoms with Gasteiger partial charge in [0.1, 0.15) is 23.5 Å². The fourth-order valence-corrected chi connectivity index (χ4v) is 2.07. The average molecular weight is 241 g/mol. The van der Waals surface area contributed by atoms with E-state index in [1.165, 1.54) is 0 Å². The highest BCUT2D eigenvalue weighted by Gasteiger charge is 2.06. The van der Waals surface area contributed by atoms with Gasteiger partial charge in [0.25, 0.3) is 0 Å². The van der Waals surface area contributed by atoms with Crippen molar-refractivity contribution in [3.8, 4) is 5.75 Å². The maximum Gasteiger partial charge on any atom is 0.135 e. The lowest BCUT2D eigenvalue weighted by atomic mass is 10.1. The first-order valence-electron chi connectivity index (χ1n) is 6.07. The standard InChI is InChI=1S/C15H15NO2/c1-16-8-9-17-11-6-7-15-13(10-11)12-4-2-3-5-14(12)18-15/h2-7,10,16H,8-9H2,1H3. The van der Waals surface area contributed by atoms with E-state index in [1.807, 2.05) is 43.4 Å². The van der Waals surface area contributed by atoms with Gasteiger partial charge in [0.05, 0.1) is 0 Å². The van der Waals surface area contributed by atoms with Crippen molar-refractivity contribution in [1.29, 1.82) is 0 Å². The minimum atomic E-state index is 0.664. The molecular weight excluding hydrogens is 226 g/mol. The van der Waals surface area contributed by atoms with E-state index in [4.69, 9.17) is 9.15 Å². The van der Waals surface area contributed by atoms with E-state index in [9.17, 15) is 0 Å². The molecule has 0 atom stereocenters. The summed E-state index contributed by atoms with van der Waals surface area (Å²) in [5.41, 5.74) is 1.82. The maximum atomic E-state index is 5.77. The normalized spacial score (nSPS) is 11.2. The number of hydrogen-bond donors (Lipinski definition) is 1. The van der Waals surface area contributed by atoms with Crippen molar-refractivity contribution in [3.05, 3.63) is 42.5 Å². The van der Waals surface area contributed by atoms with E-state index in [-0.39, 0.29) is 0 Å². The fourth-order valence-electron chi connectivity index (χ4n) is 2.07. The Morgan fingerprint density at radius 1 is 1.06 bits per heavy atom. The highest BCUT2D eigenvalue weighted by atomic mass is 16.5. The highest BCUT2D eigenvalue weighted by Crippen LogP contribution is 2.31. The molecule has 0 aliphatic rings. The number of likely N-dealkylation sites (N-methyl/N-ethyl adjacent to an activating group) is 1. The second-order valence-electron chi connectivity index (χ2n) is 4.21. The molecule has 1 heterocycles. The molecule has 0 fully saturated rings. The third kappa shape index (κ3) is 1.93. The number of nitrogens with one attached hydrogen (secondary N) is 1. The third-order valence-corrected chi connectivity index (χ3v) is 2.97. The number of fused-ring (bicyclic) bond motifs is 3. The third-order valence-electron chi connectivity index (χ3n) is 2.97. The maximum absolute atomic E-state index is 5.77. The predicted octanol–water partition coefficient (Wildman–Crippen LogP) is 3.18. The Kier molecular flexibility index (Phi) is 2.90. The Morgan fingerprint density at radius 3 is 2.78 bits per heavy atom. The average Bonchev–Trinajstić information content (AvgIpc) is 2.77. The first-order valence-corrected chi connectivity index (χ1v) is 6.07. The zero-order valence-corrected chi connectivity index (χ0v) is 10.3. The van der Waals surface area contributed by atoms with Gasteiger partial charge >= 0.3 is 0 Å². The molecule has 0 amide bonds. The van der Waals surface area contributed by atoms with Crippen molar-refractivity contribution in [3.63, 3.8) is 0 Å². The molecule has 0 saturated carbocycles. The molecule has 3 nitrogen and oxygen atoms in total. The molecule has 0 aliphatic heterocycles. The summed E-state index contributed by atoms with van der Waals surface area (Å²) in [6.45, 7) is 1.50. The number of benzene rings is 2. The summed E-state index contributed by atoms with van der Waals surface area (Å²) < 4.78 is 11.4. The van der Waals surface area contributed by atoms with Gasteiger partial charge in [-0.15, -0.1) is 0 Å². The smallest absolute Gasteiger partial charge is 0.135 e. The Bertz CT molecular complexity index is 672. The Morgan fingerprint density at radius 2 is 1.89 bits per heavy atom. The SMILES string of the molecule is CNCCOc1ccc2oc3ccccc3c2c1. The molecule has 3 aromatic rings. The van der Waals surface area contributed by atoms with E-state index >= 15 is 0 Å². The van der Waals surface area contributed by atoms with E-state index in [1.54, 1.807) is 0 Å². The summed E-state index contributed by atoms with van der Waals surface area (Å²) in [6, 6.07) is 14.0. The van der Waals surface area contributed by atoms with Crippen LogP contribution in [0.2, 0.25) is 0 Å². The molecule has 0 aliphatic carbocycles. The summed E-state index contributed by atoms with van der Waals surface area (Å²) in [5.74, 6) is 0.879. The molecule has 0 saturated heterocycles. The van der Waals surface area contributed by atoms with Crippen molar-refractivity contribution in [1.82, 2.24) is 5.32 Å². The van der Waals surface area contributed by atoms with Gasteiger partial charge in [-0.1, -0.05) is 18.2 Å².